The number of pyridine rings is 1. The standard InChI is InChI=1S/C14H12ClN3O/c1-4-6-9(5-2)12-13(15)16-10-7-8-11(19)18(3)14(10)17-12/h4-8H,1-2H2,3H3/b9-6+. The molecular weight excluding hydrogens is 262 g/mol. The van der Waals surface area contributed by atoms with Gasteiger partial charge < -0.3 is 0 Å². The SMILES string of the molecule is C=C/C=C(\C=C)c1nc2c(ccc(=O)n2C)nc1Cl. The molecule has 0 aromatic carbocycles. The Labute approximate surface area is 115 Å². The van der Waals surface area contributed by atoms with E-state index in [4.69, 9.17) is 11.6 Å². The van der Waals surface area contributed by atoms with Gasteiger partial charge in [0.1, 0.15) is 11.2 Å². The monoisotopic (exact) mass is 273 g/mol. The van der Waals surface area contributed by atoms with Gasteiger partial charge in [-0.1, -0.05) is 43.0 Å². The van der Waals surface area contributed by atoms with Crippen LogP contribution >= 0.6 is 11.6 Å². The lowest BCUT2D eigenvalue weighted by molar-refractivity contribution is 0.882. The number of halogens is 1. The summed E-state index contributed by atoms with van der Waals surface area (Å²) < 4.78 is 1.43. The zero-order chi connectivity index (χ0) is 14.0. The van der Waals surface area contributed by atoms with Crippen molar-refractivity contribution >= 4 is 28.3 Å². The first kappa shape index (κ1) is 13.2. The van der Waals surface area contributed by atoms with Gasteiger partial charge in [-0.3, -0.25) is 9.36 Å². The van der Waals surface area contributed by atoms with Crippen molar-refractivity contribution in [2.75, 3.05) is 0 Å². The van der Waals surface area contributed by atoms with E-state index in [0.717, 1.165) is 0 Å². The van der Waals surface area contributed by atoms with E-state index >= 15 is 0 Å². The van der Waals surface area contributed by atoms with Crippen LogP contribution in [0.15, 0.2) is 48.3 Å². The Morgan fingerprint density at radius 2 is 2.11 bits per heavy atom. The number of fused-ring (bicyclic) bond motifs is 1. The fraction of sp³-hybridized carbons (Fsp3) is 0.0714. The Bertz CT molecular complexity index is 759. The van der Waals surface area contributed by atoms with Gasteiger partial charge in [0.25, 0.3) is 5.56 Å². The molecule has 0 atom stereocenters. The molecule has 0 spiro atoms. The smallest absolute Gasteiger partial charge is 0.252 e. The summed E-state index contributed by atoms with van der Waals surface area (Å²) in [5, 5.41) is 0.263. The minimum absolute atomic E-state index is 0.150. The van der Waals surface area contributed by atoms with Crippen LogP contribution in [-0.4, -0.2) is 14.5 Å². The quantitative estimate of drug-likeness (QED) is 0.808. The number of nitrogens with zero attached hydrogens (tertiary/aromatic N) is 3. The molecule has 4 nitrogen and oxygen atoms in total. The molecule has 0 aliphatic heterocycles. The lowest BCUT2D eigenvalue weighted by atomic mass is 10.2. The summed E-state index contributed by atoms with van der Waals surface area (Å²) in [5.74, 6) is 0. The lowest BCUT2D eigenvalue weighted by Crippen LogP contribution is -2.17. The molecule has 5 heteroatoms. The average molecular weight is 274 g/mol. The minimum Gasteiger partial charge on any atom is -0.295 e. The average Bonchev–Trinajstić information content (AvgIpc) is 2.40. The van der Waals surface area contributed by atoms with Crippen molar-refractivity contribution in [2.24, 2.45) is 7.05 Å². The molecule has 0 aliphatic carbocycles. The molecule has 19 heavy (non-hydrogen) atoms. The van der Waals surface area contributed by atoms with Gasteiger partial charge in [0.2, 0.25) is 0 Å². The Balaban J connectivity index is 2.83. The zero-order valence-electron chi connectivity index (χ0n) is 10.4. The normalized spacial score (nSPS) is 11.6. The molecule has 0 saturated heterocycles. The number of hydrogen-bond acceptors (Lipinski definition) is 3. The van der Waals surface area contributed by atoms with Crippen LogP contribution in [0.2, 0.25) is 5.15 Å². The van der Waals surface area contributed by atoms with Crippen LogP contribution in [0.1, 0.15) is 5.69 Å². The van der Waals surface area contributed by atoms with Gasteiger partial charge in [0.15, 0.2) is 10.8 Å². The minimum atomic E-state index is -0.150. The van der Waals surface area contributed by atoms with E-state index in [-0.39, 0.29) is 10.7 Å². The van der Waals surface area contributed by atoms with Crippen LogP contribution < -0.4 is 5.56 Å². The topological polar surface area (TPSA) is 47.8 Å². The first-order valence-electron chi connectivity index (χ1n) is 5.57. The van der Waals surface area contributed by atoms with Crippen molar-refractivity contribution in [1.82, 2.24) is 14.5 Å². The highest BCUT2D eigenvalue weighted by molar-refractivity contribution is 6.31. The van der Waals surface area contributed by atoms with Gasteiger partial charge in [0.05, 0.1) is 0 Å². The summed E-state index contributed by atoms with van der Waals surface area (Å²) in [5.41, 5.74) is 2.07. The Morgan fingerprint density at radius 1 is 1.37 bits per heavy atom. The number of aromatic nitrogens is 3. The summed E-state index contributed by atoms with van der Waals surface area (Å²) in [7, 11) is 1.64. The highest BCUT2D eigenvalue weighted by atomic mass is 35.5. The first-order chi connectivity index (χ1) is 9.08. The molecule has 0 N–H and O–H groups in total. The lowest BCUT2D eigenvalue weighted by Gasteiger charge is -2.08. The molecule has 96 valence electrons. The Morgan fingerprint density at radius 3 is 2.74 bits per heavy atom. The molecule has 0 radical (unpaired) electrons. The third-order valence-electron chi connectivity index (χ3n) is 2.68. The van der Waals surface area contributed by atoms with Crippen molar-refractivity contribution in [3.8, 4) is 0 Å². The van der Waals surface area contributed by atoms with E-state index in [0.29, 0.717) is 22.4 Å². The predicted molar refractivity (Wildman–Crippen MR) is 78.2 cm³/mol. The zero-order valence-corrected chi connectivity index (χ0v) is 11.2. The van der Waals surface area contributed by atoms with Gasteiger partial charge in [-0.05, 0) is 6.07 Å². The van der Waals surface area contributed by atoms with Crippen molar-refractivity contribution < 1.29 is 0 Å². The van der Waals surface area contributed by atoms with Gasteiger partial charge in [-0.2, -0.15) is 0 Å². The molecule has 2 aromatic heterocycles. The van der Waals surface area contributed by atoms with Crippen molar-refractivity contribution in [2.45, 2.75) is 0 Å². The van der Waals surface area contributed by atoms with E-state index < -0.39 is 0 Å². The molecule has 2 rings (SSSR count). The van der Waals surface area contributed by atoms with Crippen LogP contribution in [-0.2, 0) is 7.05 Å². The maximum absolute atomic E-state index is 11.6. The van der Waals surface area contributed by atoms with Gasteiger partial charge in [-0.25, -0.2) is 9.97 Å². The second kappa shape index (κ2) is 5.20. The molecule has 0 saturated carbocycles. The van der Waals surface area contributed by atoms with Crippen molar-refractivity contribution in [1.29, 1.82) is 0 Å². The van der Waals surface area contributed by atoms with Crippen LogP contribution in [0.4, 0.5) is 0 Å². The van der Waals surface area contributed by atoms with E-state index in [2.05, 4.69) is 23.1 Å². The largest absolute Gasteiger partial charge is 0.295 e. The van der Waals surface area contributed by atoms with Crippen LogP contribution in [0, 0.1) is 0 Å². The number of allylic oxidation sites excluding steroid dienone is 4. The second-order valence-corrected chi connectivity index (χ2v) is 4.22. The number of rotatable bonds is 3. The van der Waals surface area contributed by atoms with E-state index in [1.54, 1.807) is 31.3 Å². The van der Waals surface area contributed by atoms with E-state index in [1.807, 2.05) is 0 Å². The van der Waals surface area contributed by atoms with E-state index in [9.17, 15) is 4.79 Å². The van der Waals surface area contributed by atoms with Crippen LogP contribution in [0.3, 0.4) is 0 Å². The molecule has 0 bridgehead atoms. The molecule has 2 aromatic rings. The molecular formula is C14H12ClN3O. The summed E-state index contributed by atoms with van der Waals surface area (Å²) in [6.45, 7) is 7.33. The number of hydrogen-bond donors (Lipinski definition) is 0. The van der Waals surface area contributed by atoms with Crippen molar-refractivity contribution in [3.05, 3.63) is 64.7 Å². The van der Waals surface area contributed by atoms with Crippen LogP contribution in [0.25, 0.3) is 16.7 Å². The molecule has 0 amide bonds. The predicted octanol–water partition coefficient (Wildman–Crippen LogP) is 2.74. The highest BCUT2D eigenvalue weighted by Gasteiger charge is 2.11. The van der Waals surface area contributed by atoms with Gasteiger partial charge in [0, 0.05) is 18.7 Å². The van der Waals surface area contributed by atoms with Gasteiger partial charge >= 0.3 is 0 Å². The van der Waals surface area contributed by atoms with E-state index in [1.165, 1.54) is 10.6 Å². The summed E-state index contributed by atoms with van der Waals surface area (Å²) in [6, 6.07) is 3.03. The fourth-order valence-electron chi connectivity index (χ4n) is 1.70. The molecule has 0 fully saturated rings. The summed E-state index contributed by atoms with van der Waals surface area (Å²) >= 11 is 6.12. The van der Waals surface area contributed by atoms with Crippen LogP contribution in [0.5, 0.6) is 0 Å². The molecule has 2 heterocycles. The first-order valence-corrected chi connectivity index (χ1v) is 5.95. The highest BCUT2D eigenvalue weighted by Crippen LogP contribution is 2.23. The third-order valence-corrected chi connectivity index (χ3v) is 2.95. The summed E-state index contributed by atoms with van der Waals surface area (Å²) in [6.07, 6.45) is 4.96. The number of aryl methyl sites for hydroxylation is 1. The summed E-state index contributed by atoms with van der Waals surface area (Å²) in [4.78, 5) is 20.3. The fourth-order valence-corrected chi connectivity index (χ4v) is 1.94. The Hall–Kier alpha value is -2.20. The molecule has 0 unspecified atom stereocenters. The maximum Gasteiger partial charge on any atom is 0.252 e. The molecule has 0 aliphatic rings. The second-order valence-electron chi connectivity index (χ2n) is 3.86. The Kier molecular flexibility index (Phi) is 3.62. The maximum atomic E-state index is 11.6. The van der Waals surface area contributed by atoms with Gasteiger partial charge in [-0.15, -0.1) is 0 Å². The van der Waals surface area contributed by atoms with Crippen molar-refractivity contribution in [3.63, 3.8) is 0 Å². The third kappa shape index (κ3) is 2.35.